The molecule has 0 spiro atoms. The Morgan fingerprint density at radius 2 is 0.913 bits per heavy atom. The number of carbonyl (C=O) groups excluding carboxylic acids is 2. The number of amidine groups is 2. The number of nitrogens with one attached hydrogen (secondary N) is 2. The molecule has 8 nitrogen and oxygen atoms in total. The smallest absolute Gasteiger partial charge is 0.246 e. The summed E-state index contributed by atoms with van der Waals surface area (Å²) in [6, 6.07) is 24.1. The summed E-state index contributed by atoms with van der Waals surface area (Å²) in [5, 5.41) is 7.15. The topological polar surface area (TPSA) is 109 Å². The number of aliphatic imine (C=N–C) groups is 2. The number of aromatic nitrogens is 2. The molecule has 4 atom stereocenters. The molecule has 46 heavy (non-hydrogen) atoms. The maximum Gasteiger partial charge on any atom is 0.246 e. The molecule has 0 radical (unpaired) electrons. The second-order valence-corrected chi connectivity index (χ2v) is 14.5. The van der Waals surface area contributed by atoms with E-state index in [-0.39, 0.29) is 23.9 Å². The fourth-order valence-corrected chi connectivity index (χ4v) is 7.27. The lowest BCUT2D eigenvalue weighted by atomic mass is 10.0. The molecular weight excluding hydrogens is 613 g/mol. The van der Waals surface area contributed by atoms with Gasteiger partial charge in [-0.05, 0) is 88.1 Å². The average molecular weight is 651 g/mol. The van der Waals surface area contributed by atoms with Crippen LogP contribution in [0.4, 0.5) is 0 Å². The number of hydrogen-bond donors (Lipinski definition) is 2. The molecule has 2 saturated heterocycles. The van der Waals surface area contributed by atoms with E-state index >= 15 is 0 Å². The Hall–Kier alpha value is -4.28. The highest BCUT2D eigenvalue weighted by Gasteiger charge is 2.45. The molecule has 2 aliphatic rings. The van der Waals surface area contributed by atoms with E-state index in [4.69, 9.17) is 0 Å². The third-order valence-corrected chi connectivity index (χ3v) is 10.6. The number of rotatable bonds is 6. The summed E-state index contributed by atoms with van der Waals surface area (Å²) >= 11 is 2.92. The first-order valence-electron chi connectivity index (χ1n) is 15.1. The van der Waals surface area contributed by atoms with Crippen LogP contribution in [0.25, 0.3) is 0 Å². The molecule has 2 aromatic carbocycles. The molecule has 2 fully saturated rings. The molecule has 2 amide bonds. The summed E-state index contributed by atoms with van der Waals surface area (Å²) in [6.45, 7) is 12.0. The van der Waals surface area contributed by atoms with Gasteiger partial charge >= 0.3 is 0 Å². The van der Waals surface area contributed by atoms with E-state index in [9.17, 15) is 9.59 Å². The number of pyridine rings is 2. The molecule has 2 aliphatic heterocycles. The van der Waals surface area contributed by atoms with Gasteiger partial charge in [0.2, 0.25) is 11.8 Å². The van der Waals surface area contributed by atoms with E-state index in [2.05, 4.69) is 93.0 Å². The summed E-state index contributed by atoms with van der Waals surface area (Å²) in [7, 11) is 0. The van der Waals surface area contributed by atoms with Crippen LogP contribution in [-0.4, -0.2) is 32.1 Å². The Morgan fingerprint density at radius 3 is 1.24 bits per heavy atom. The minimum absolute atomic E-state index is 0.00168. The number of amides is 2. The summed E-state index contributed by atoms with van der Waals surface area (Å²) < 4.78 is -1.32. The zero-order valence-electron chi connectivity index (χ0n) is 26.8. The van der Waals surface area contributed by atoms with Crippen LogP contribution in [0.5, 0.6) is 0 Å². The van der Waals surface area contributed by atoms with Crippen molar-refractivity contribution >= 4 is 45.7 Å². The van der Waals surface area contributed by atoms with Gasteiger partial charge in [-0.25, -0.2) is 0 Å². The minimum Gasteiger partial charge on any atom is -0.304 e. The van der Waals surface area contributed by atoms with Crippen molar-refractivity contribution in [1.82, 2.24) is 20.6 Å². The Morgan fingerprint density at radius 1 is 0.587 bits per heavy atom. The van der Waals surface area contributed by atoms with Gasteiger partial charge in [0.05, 0.1) is 12.1 Å². The number of carbonyl (C=O) groups is 2. The summed E-state index contributed by atoms with van der Waals surface area (Å²) in [5.74, 6) is -0.0767. The fourth-order valence-electron chi connectivity index (χ4n) is 4.99. The standard InChI is InChI=1S/2C18H19N3OS/c2*1-12-4-6-14(7-5-12)13(2)20-17-21-16(22)18(3,23-17)15-8-10-19-11-9-15/h2*4-11,13H,1-3H3,(H,20,21,22)/t13-,18+;13-,18-/m11/s1. The number of aryl methyl sites for hydroxylation is 2. The molecule has 4 aromatic rings. The molecule has 10 heteroatoms. The summed E-state index contributed by atoms with van der Waals surface area (Å²) in [5.41, 5.74) is 6.59. The van der Waals surface area contributed by atoms with Crippen LogP contribution in [0, 0.1) is 13.8 Å². The zero-order chi connectivity index (χ0) is 32.9. The van der Waals surface area contributed by atoms with E-state index < -0.39 is 9.49 Å². The van der Waals surface area contributed by atoms with Crippen molar-refractivity contribution in [3.63, 3.8) is 0 Å². The van der Waals surface area contributed by atoms with Gasteiger partial charge in [-0.3, -0.25) is 29.5 Å². The summed E-state index contributed by atoms with van der Waals surface area (Å²) in [6.07, 6.45) is 6.83. The molecule has 6 rings (SSSR count). The first kappa shape index (κ1) is 33.1. The van der Waals surface area contributed by atoms with E-state index in [0.29, 0.717) is 10.3 Å². The van der Waals surface area contributed by atoms with Crippen LogP contribution in [0.15, 0.2) is 108 Å². The molecule has 4 heterocycles. The van der Waals surface area contributed by atoms with Crippen molar-refractivity contribution in [3.05, 3.63) is 131 Å². The highest BCUT2D eigenvalue weighted by molar-refractivity contribution is 8.16. The minimum atomic E-state index is -0.658. The number of thioether (sulfide) groups is 2. The lowest BCUT2D eigenvalue weighted by Crippen LogP contribution is -2.31. The molecule has 0 saturated carbocycles. The molecule has 0 aliphatic carbocycles. The van der Waals surface area contributed by atoms with Crippen LogP contribution in [0.1, 0.15) is 73.2 Å². The maximum atomic E-state index is 12.4. The second kappa shape index (κ2) is 14.0. The number of hydrogen-bond acceptors (Lipinski definition) is 8. The molecule has 2 N–H and O–H groups in total. The second-order valence-electron chi connectivity index (χ2n) is 11.7. The number of benzene rings is 2. The third-order valence-electron chi connectivity index (χ3n) is 8.11. The molecule has 236 valence electrons. The first-order valence-corrected chi connectivity index (χ1v) is 16.7. The van der Waals surface area contributed by atoms with Gasteiger partial charge in [0.25, 0.3) is 0 Å². The van der Waals surface area contributed by atoms with Crippen molar-refractivity contribution < 1.29 is 9.59 Å². The van der Waals surface area contributed by atoms with Crippen molar-refractivity contribution in [2.75, 3.05) is 0 Å². The van der Waals surface area contributed by atoms with Gasteiger partial charge in [0, 0.05) is 24.8 Å². The lowest BCUT2D eigenvalue weighted by molar-refractivity contribution is -0.122. The SMILES string of the molecule is Cc1ccc([C@@H](C)N=C2NC(=O)[C@@](C)(c3ccncc3)S2)cc1.Cc1ccc([C@@H](C)N=C2NC(=O)[C@](C)(c3ccncc3)S2)cc1. The molecule has 0 bridgehead atoms. The van der Waals surface area contributed by atoms with Gasteiger partial charge in [0.1, 0.15) is 9.49 Å². The van der Waals surface area contributed by atoms with E-state index in [1.54, 1.807) is 24.8 Å². The molecule has 2 aromatic heterocycles. The van der Waals surface area contributed by atoms with Crippen molar-refractivity contribution in [2.45, 2.75) is 63.1 Å². The van der Waals surface area contributed by atoms with Crippen LogP contribution in [-0.2, 0) is 19.1 Å². The Bertz CT molecular complexity index is 1620. The fraction of sp³-hybridized carbons (Fsp3) is 0.278. The molecule has 0 unspecified atom stereocenters. The Kier molecular flexibility index (Phi) is 10.1. The third kappa shape index (κ3) is 7.40. The Labute approximate surface area is 279 Å². The van der Waals surface area contributed by atoms with Gasteiger partial charge in [-0.15, -0.1) is 0 Å². The lowest BCUT2D eigenvalue weighted by Gasteiger charge is -2.18. The first-order chi connectivity index (χ1) is 22.0. The highest BCUT2D eigenvalue weighted by Crippen LogP contribution is 2.42. The summed E-state index contributed by atoms with van der Waals surface area (Å²) in [4.78, 5) is 42.3. The average Bonchev–Trinajstić information content (AvgIpc) is 3.52. The van der Waals surface area contributed by atoms with Crippen molar-refractivity contribution in [3.8, 4) is 0 Å². The largest absolute Gasteiger partial charge is 0.304 e. The predicted molar refractivity (Wildman–Crippen MR) is 189 cm³/mol. The van der Waals surface area contributed by atoms with Gasteiger partial charge < -0.3 is 10.6 Å². The molecular formula is C36H38N6O2S2. The normalized spacial score (nSPS) is 23.8. The maximum absolute atomic E-state index is 12.4. The van der Waals surface area contributed by atoms with Gasteiger partial charge in [0.15, 0.2) is 10.3 Å². The van der Waals surface area contributed by atoms with E-state index in [0.717, 1.165) is 22.3 Å². The van der Waals surface area contributed by atoms with Crippen molar-refractivity contribution in [2.24, 2.45) is 9.98 Å². The van der Waals surface area contributed by atoms with Gasteiger partial charge in [-0.1, -0.05) is 83.2 Å². The predicted octanol–water partition coefficient (Wildman–Crippen LogP) is 7.17. The van der Waals surface area contributed by atoms with Crippen LogP contribution in [0.2, 0.25) is 0 Å². The van der Waals surface area contributed by atoms with Crippen LogP contribution >= 0.6 is 23.5 Å². The van der Waals surface area contributed by atoms with Crippen molar-refractivity contribution in [1.29, 1.82) is 0 Å². The quantitative estimate of drug-likeness (QED) is 0.229. The van der Waals surface area contributed by atoms with Crippen LogP contribution < -0.4 is 10.6 Å². The van der Waals surface area contributed by atoms with E-state index in [1.165, 1.54) is 34.7 Å². The Balaban J connectivity index is 0.000000181. The van der Waals surface area contributed by atoms with Gasteiger partial charge in [-0.2, -0.15) is 0 Å². The monoisotopic (exact) mass is 650 g/mol. The van der Waals surface area contributed by atoms with E-state index in [1.807, 2.05) is 52.0 Å². The zero-order valence-corrected chi connectivity index (χ0v) is 28.4. The number of nitrogens with zero attached hydrogens (tertiary/aromatic N) is 4. The van der Waals surface area contributed by atoms with Crippen LogP contribution in [0.3, 0.4) is 0 Å². The highest BCUT2D eigenvalue weighted by atomic mass is 32.2.